The van der Waals surface area contributed by atoms with E-state index in [0.717, 1.165) is 25.8 Å². The monoisotopic (exact) mass is 275 g/mol. The van der Waals surface area contributed by atoms with Crippen LogP contribution in [-0.2, 0) is 6.42 Å². The Morgan fingerprint density at radius 1 is 1.11 bits per heavy atom. The number of phenolic OH excluding ortho intramolecular Hbond substituents is 1. The lowest BCUT2D eigenvalue weighted by Gasteiger charge is -2.00. The van der Waals surface area contributed by atoms with E-state index in [2.05, 4.69) is 4.98 Å². The molecule has 2 nitrogen and oxygen atoms in total. The molecule has 1 N–H and O–H groups in total. The fourth-order valence-electron chi connectivity index (χ4n) is 1.86. The molecule has 0 aliphatic heterocycles. The molecule has 4 heteroatoms. The van der Waals surface area contributed by atoms with E-state index in [1.807, 2.05) is 36.4 Å². The van der Waals surface area contributed by atoms with Crippen LogP contribution in [0.4, 0.5) is 0 Å². The summed E-state index contributed by atoms with van der Waals surface area (Å²) in [5, 5.41) is 11.4. The lowest BCUT2D eigenvalue weighted by atomic mass is 10.1. The third-order valence-electron chi connectivity index (χ3n) is 2.74. The molecule has 0 spiro atoms. The molecule has 0 fully saturated rings. The molecule has 0 bridgehead atoms. The Morgan fingerprint density at radius 2 is 1.94 bits per heavy atom. The summed E-state index contributed by atoms with van der Waals surface area (Å²) in [6.07, 6.45) is 0.627. The Bertz CT molecular complexity index is 708. The highest BCUT2D eigenvalue weighted by atomic mass is 35.5. The molecule has 90 valence electrons. The van der Waals surface area contributed by atoms with Gasteiger partial charge >= 0.3 is 0 Å². The molecule has 3 aromatic rings. The molecule has 0 aliphatic rings. The highest BCUT2D eigenvalue weighted by Crippen LogP contribution is 2.31. The molecule has 18 heavy (non-hydrogen) atoms. The van der Waals surface area contributed by atoms with Crippen molar-refractivity contribution >= 4 is 33.2 Å². The highest BCUT2D eigenvalue weighted by Gasteiger charge is 2.09. The maximum Gasteiger partial charge on any atom is 0.119 e. The zero-order chi connectivity index (χ0) is 12.5. The third kappa shape index (κ3) is 2.07. The van der Waals surface area contributed by atoms with Crippen LogP contribution in [0.5, 0.6) is 5.75 Å². The predicted molar refractivity (Wildman–Crippen MR) is 75.5 cm³/mol. The number of thiazole rings is 1. The van der Waals surface area contributed by atoms with Crippen molar-refractivity contribution in [2.45, 2.75) is 6.42 Å². The topological polar surface area (TPSA) is 33.1 Å². The summed E-state index contributed by atoms with van der Waals surface area (Å²) in [5.74, 6) is 0.308. The molecule has 1 heterocycles. The zero-order valence-corrected chi connectivity index (χ0v) is 11.0. The van der Waals surface area contributed by atoms with Gasteiger partial charge in [-0.2, -0.15) is 0 Å². The standard InChI is InChI=1S/C14H10ClNOS/c15-10-5-3-6-11-14(10)18-13(16-11)8-9-4-1-2-7-12(9)17/h1-7,17H,8H2. The van der Waals surface area contributed by atoms with E-state index in [1.165, 1.54) is 0 Å². The Morgan fingerprint density at radius 3 is 2.72 bits per heavy atom. The van der Waals surface area contributed by atoms with Gasteiger partial charge in [0.2, 0.25) is 0 Å². The van der Waals surface area contributed by atoms with Crippen LogP contribution >= 0.6 is 22.9 Å². The number of phenols is 1. The van der Waals surface area contributed by atoms with Crippen molar-refractivity contribution in [3.8, 4) is 5.75 Å². The summed E-state index contributed by atoms with van der Waals surface area (Å²) in [7, 11) is 0. The SMILES string of the molecule is Oc1ccccc1Cc1nc2cccc(Cl)c2s1. The van der Waals surface area contributed by atoms with Crippen LogP contribution in [0.1, 0.15) is 10.6 Å². The summed E-state index contributed by atoms with van der Waals surface area (Å²) in [6, 6.07) is 13.0. The Hall–Kier alpha value is -1.58. The first-order valence-corrected chi connectivity index (χ1v) is 6.74. The van der Waals surface area contributed by atoms with E-state index in [-0.39, 0.29) is 0 Å². The van der Waals surface area contributed by atoms with Crippen LogP contribution < -0.4 is 0 Å². The number of fused-ring (bicyclic) bond motifs is 1. The fraction of sp³-hybridized carbons (Fsp3) is 0.0714. The van der Waals surface area contributed by atoms with E-state index < -0.39 is 0 Å². The average Bonchev–Trinajstić information content (AvgIpc) is 2.76. The van der Waals surface area contributed by atoms with Gasteiger partial charge in [0.15, 0.2) is 0 Å². The first kappa shape index (κ1) is 11.5. The molecule has 2 aromatic carbocycles. The maximum absolute atomic E-state index is 9.75. The van der Waals surface area contributed by atoms with Crippen molar-refractivity contribution in [2.24, 2.45) is 0 Å². The van der Waals surface area contributed by atoms with Crippen LogP contribution in [0, 0.1) is 0 Å². The quantitative estimate of drug-likeness (QED) is 0.759. The zero-order valence-electron chi connectivity index (χ0n) is 9.43. The first-order valence-electron chi connectivity index (χ1n) is 5.55. The number of hydrogen-bond donors (Lipinski definition) is 1. The average molecular weight is 276 g/mol. The number of halogens is 1. The van der Waals surface area contributed by atoms with Gasteiger partial charge < -0.3 is 5.11 Å². The normalized spacial score (nSPS) is 10.9. The minimum atomic E-state index is 0.308. The number of hydrogen-bond acceptors (Lipinski definition) is 3. The van der Waals surface area contributed by atoms with Gasteiger partial charge in [-0.3, -0.25) is 0 Å². The van der Waals surface area contributed by atoms with Crippen molar-refractivity contribution in [2.75, 3.05) is 0 Å². The summed E-state index contributed by atoms with van der Waals surface area (Å²) >= 11 is 7.70. The smallest absolute Gasteiger partial charge is 0.119 e. The molecule has 0 aliphatic carbocycles. The van der Waals surface area contributed by atoms with E-state index in [9.17, 15) is 5.11 Å². The largest absolute Gasteiger partial charge is 0.508 e. The molecule has 3 rings (SSSR count). The van der Waals surface area contributed by atoms with E-state index in [4.69, 9.17) is 11.6 Å². The minimum Gasteiger partial charge on any atom is -0.508 e. The Labute approximate surface area is 113 Å². The second-order valence-corrected chi connectivity index (χ2v) is 5.49. The van der Waals surface area contributed by atoms with E-state index in [1.54, 1.807) is 17.4 Å². The summed E-state index contributed by atoms with van der Waals surface area (Å²) in [4.78, 5) is 4.53. The van der Waals surface area contributed by atoms with Crippen LogP contribution in [0.3, 0.4) is 0 Å². The molecule has 1 aromatic heterocycles. The molecular formula is C14H10ClNOS. The van der Waals surface area contributed by atoms with Gasteiger partial charge in [-0.15, -0.1) is 11.3 Å². The predicted octanol–water partition coefficient (Wildman–Crippen LogP) is 4.25. The lowest BCUT2D eigenvalue weighted by Crippen LogP contribution is -1.86. The van der Waals surface area contributed by atoms with Crippen molar-refractivity contribution in [3.63, 3.8) is 0 Å². The van der Waals surface area contributed by atoms with Gasteiger partial charge in [0.1, 0.15) is 5.75 Å². The van der Waals surface area contributed by atoms with E-state index in [0.29, 0.717) is 12.2 Å². The van der Waals surface area contributed by atoms with Crippen LogP contribution in [0.25, 0.3) is 10.2 Å². The number of nitrogens with zero attached hydrogens (tertiary/aromatic N) is 1. The van der Waals surface area contributed by atoms with Crippen LogP contribution in [-0.4, -0.2) is 10.1 Å². The highest BCUT2D eigenvalue weighted by molar-refractivity contribution is 7.19. The lowest BCUT2D eigenvalue weighted by molar-refractivity contribution is 0.469. The van der Waals surface area contributed by atoms with Gasteiger partial charge in [0, 0.05) is 12.0 Å². The molecule has 0 unspecified atom stereocenters. The molecule has 0 amide bonds. The fourth-order valence-corrected chi connectivity index (χ4v) is 3.14. The van der Waals surface area contributed by atoms with Crippen molar-refractivity contribution in [3.05, 3.63) is 58.1 Å². The number of aromatic hydroxyl groups is 1. The number of para-hydroxylation sites is 1. The first-order chi connectivity index (χ1) is 8.74. The molecule has 0 atom stereocenters. The Kier molecular flexibility index (Phi) is 2.94. The number of benzene rings is 2. The van der Waals surface area contributed by atoms with Crippen molar-refractivity contribution < 1.29 is 5.11 Å². The second kappa shape index (κ2) is 4.59. The van der Waals surface area contributed by atoms with Gasteiger partial charge in [-0.05, 0) is 18.2 Å². The summed E-state index contributed by atoms with van der Waals surface area (Å²) in [6.45, 7) is 0. The van der Waals surface area contributed by atoms with Gasteiger partial charge in [0.05, 0.1) is 20.2 Å². The summed E-state index contributed by atoms with van der Waals surface area (Å²) < 4.78 is 1.00. The molecule has 0 saturated carbocycles. The number of aromatic nitrogens is 1. The molecule has 0 saturated heterocycles. The van der Waals surface area contributed by atoms with Crippen LogP contribution in [0.2, 0.25) is 5.02 Å². The number of rotatable bonds is 2. The molecule has 0 radical (unpaired) electrons. The van der Waals surface area contributed by atoms with Crippen molar-refractivity contribution in [1.82, 2.24) is 4.98 Å². The second-order valence-electron chi connectivity index (χ2n) is 4.00. The van der Waals surface area contributed by atoms with Crippen LogP contribution in [0.15, 0.2) is 42.5 Å². The van der Waals surface area contributed by atoms with Crippen molar-refractivity contribution in [1.29, 1.82) is 0 Å². The Balaban J connectivity index is 2.01. The molecular weight excluding hydrogens is 266 g/mol. The maximum atomic E-state index is 9.75. The van der Waals surface area contributed by atoms with Gasteiger partial charge in [-0.25, -0.2) is 4.98 Å². The third-order valence-corrected chi connectivity index (χ3v) is 4.28. The van der Waals surface area contributed by atoms with Gasteiger partial charge in [-0.1, -0.05) is 35.9 Å². The minimum absolute atomic E-state index is 0.308. The van der Waals surface area contributed by atoms with Gasteiger partial charge in [0.25, 0.3) is 0 Å². The summed E-state index contributed by atoms with van der Waals surface area (Å²) in [5.41, 5.74) is 1.80. The van der Waals surface area contributed by atoms with E-state index >= 15 is 0 Å².